The molecule has 14 aliphatic heterocycles. The number of fused-ring (bicyclic) bond motifs is 18. The summed E-state index contributed by atoms with van der Waals surface area (Å²) >= 11 is 15.0. The van der Waals surface area contributed by atoms with Crippen molar-refractivity contribution in [2.24, 2.45) is 0 Å². The van der Waals surface area contributed by atoms with Crippen molar-refractivity contribution in [3.05, 3.63) is 125 Å². The normalized spacial score (nSPS) is 27.4. The van der Waals surface area contributed by atoms with E-state index in [1.54, 1.807) is 45.0 Å². The van der Waals surface area contributed by atoms with E-state index in [9.17, 15) is 45.0 Å². The number of halogens is 2. The Hall–Kier alpha value is -9.71. The van der Waals surface area contributed by atoms with Gasteiger partial charge in [0.15, 0.2) is 80.1 Å². The number of aromatic hydroxyl groups is 3. The van der Waals surface area contributed by atoms with E-state index in [0.717, 1.165) is 33.4 Å². The molecule has 121 heavy (non-hydrogen) atoms. The van der Waals surface area contributed by atoms with Gasteiger partial charge in [-0.05, 0) is 157 Å². The van der Waals surface area contributed by atoms with Crippen molar-refractivity contribution in [3.8, 4) is 92.6 Å². The van der Waals surface area contributed by atoms with Gasteiger partial charge in [0.1, 0.15) is 42.4 Å². The van der Waals surface area contributed by atoms with E-state index in [2.05, 4.69) is 42.4 Å². The quantitative estimate of drug-likeness (QED) is 0.0264. The molecule has 8 bridgehead atoms. The predicted molar refractivity (Wildman–Crippen MR) is 440 cm³/mol. The van der Waals surface area contributed by atoms with Crippen molar-refractivity contribution >= 4 is 76.8 Å². The van der Waals surface area contributed by atoms with Crippen LogP contribution in [0.25, 0.3) is 0 Å². The highest BCUT2D eigenvalue weighted by atomic mass is 35.5. The lowest BCUT2D eigenvalue weighted by atomic mass is 9.71. The van der Waals surface area contributed by atoms with Crippen LogP contribution in [0.15, 0.2) is 36.4 Å². The number of likely N-dealkylation sites (N-methyl/N-ethyl adjacent to an activating group) is 2. The lowest BCUT2D eigenvalue weighted by Gasteiger charge is -2.62. The predicted octanol–water partition coefficient (Wildman–Crippen LogP) is 10.8. The Morgan fingerprint density at radius 3 is 1.40 bits per heavy atom. The summed E-state index contributed by atoms with van der Waals surface area (Å²) in [5.41, 5.74) is 7.42. The highest BCUT2D eigenvalue weighted by molar-refractivity contribution is 7.99. The molecular formula is C87H94Cl2N8O22S2. The molecule has 30 nitrogen and oxygen atoms in total. The van der Waals surface area contributed by atoms with Gasteiger partial charge in [-0.15, -0.1) is 46.7 Å². The minimum absolute atomic E-state index is 0.0132. The third-order valence-corrected chi connectivity index (χ3v) is 29.3. The number of piperazine rings is 2. The third-order valence-electron chi connectivity index (χ3n) is 26.0. The fourth-order valence-electron chi connectivity index (χ4n) is 21.0. The van der Waals surface area contributed by atoms with Gasteiger partial charge in [-0.3, -0.25) is 39.8 Å². The molecule has 0 aromatic heterocycles. The summed E-state index contributed by atoms with van der Waals surface area (Å²) in [4.78, 5) is 78.4. The zero-order chi connectivity index (χ0) is 85.6. The Balaban J connectivity index is 0.000000173. The van der Waals surface area contributed by atoms with Crippen molar-refractivity contribution < 1.29 is 106 Å². The first-order chi connectivity index (χ1) is 58.1. The largest absolute Gasteiger partial charge is 0.514 e. The van der Waals surface area contributed by atoms with Crippen LogP contribution >= 0.6 is 46.7 Å². The minimum atomic E-state index is -1.47. The molecule has 6 aromatic rings. The lowest BCUT2D eigenvalue weighted by molar-refractivity contribution is -0.158. The molecule has 0 saturated carbocycles. The van der Waals surface area contributed by atoms with Gasteiger partial charge in [0.05, 0.1) is 88.1 Å². The lowest BCUT2D eigenvalue weighted by Crippen LogP contribution is -2.69. The van der Waals surface area contributed by atoms with Crippen LogP contribution in [0.5, 0.6) is 80.5 Å². The number of hydrogen-bond donors (Lipinski definition) is 5. The zero-order valence-electron chi connectivity index (χ0n) is 69.1. The van der Waals surface area contributed by atoms with E-state index in [1.165, 1.54) is 52.0 Å². The summed E-state index contributed by atoms with van der Waals surface area (Å²) in [5, 5.41) is 63.3. The van der Waals surface area contributed by atoms with Gasteiger partial charge >= 0.3 is 30.0 Å². The van der Waals surface area contributed by atoms with Crippen LogP contribution < -0.4 is 62.7 Å². The number of alkyl halides is 2. The summed E-state index contributed by atoms with van der Waals surface area (Å²) in [6, 6.07) is 10.2. The monoisotopic (exact) mass is 1740 g/mol. The number of rotatable bonds is 11. The van der Waals surface area contributed by atoms with Gasteiger partial charge in [-0.1, -0.05) is 12.1 Å². The van der Waals surface area contributed by atoms with E-state index in [-0.39, 0.29) is 115 Å². The second-order valence-corrected chi connectivity index (χ2v) is 36.4. The van der Waals surface area contributed by atoms with E-state index < -0.39 is 106 Å². The Bertz CT molecular complexity index is 5430. The van der Waals surface area contributed by atoms with Crippen LogP contribution in [0.1, 0.15) is 157 Å². The molecule has 34 heteroatoms. The van der Waals surface area contributed by atoms with Crippen LogP contribution in [0.4, 0.5) is 4.79 Å². The number of phenols is 3. The van der Waals surface area contributed by atoms with Gasteiger partial charge in [0.25, 0.3) is 0 Å². The van der Waals surface area contributed by atoms with Crippen LogP contribution in [0.2, 0.25) is 0 Å². The summed E-state index contributed by atoms with van der Waals surface area (Å²) in [5.74, 6) is 1.69. The molecule has 2 unspecified atom stereocenters. The molecule has 6 aromatic carbocycles. The average Bonchev–Trinajstić information content (AvgIpc) is 1.52. The molecule has 640 valence electrons. The molecule has 20 rings (SSSR count). The summed E-state index contributed by atoms with van der Waals surface area (Å²) in [6.45, 7) is 12.8. The van der Waals surface area contributed by atoms with Gasteiger partial charge in [-0.2, -0.15) is 10.5 Å². The number of hydrogen-bond acceptors (Lipinski definition) is 32. The Labute approximate surface area is 717 Å². The van der Waals surface area contributed by atoms with E-state index in [0.29, 0.717) is 135 Å². The van der Waals surface area contributed by atoms with Gasteiger partial charge in [0.2, 0.25) is 13.6 Å². The van der Waals surface area contributed by atoms with Crippen LogP contribution in [-0.2, 0) is 70.1 Å². The summed E-state index contributed by atoms with van der Waals surface area (Å²) < 4.78 is 84.2. The Morgan fingerprint density at radius 2 is 0.983 bits per heavy atom. The molecule has 4 fully saturated rings. The van der Waals surface area contributed by atoms with Gasteiger partial charge in [0, 0.05) is 105 Å². The van der Waals surface area contributed by atoms with E-state index in [4.69, 9.17) is 89.5 Å². The van der Waals surface area contributed by atoms with Crippen molar-refractivity contribution in [2.75, 3.05) is 106 Å². The van der Waals surface area contributed by atoms with Crippen molar-refractivity contribution in [2.45, 2.75) is 175 Å². The number of methoxy groups -OCH3 is 4. The van der Waals surface area contributed by atoms with E-state index in [1.807, 2.05) is 53.9 Å². The SMILES string of the molecule is COc1cc2c(cc1O)CCN[C@]21CS[C@@H]2c3c(OC(=O)CCCl)c(C)c4c(c3[C@H](COC1=O)N1C2[C@H]2c3c(cc(C)c(OC)c3O)C[C@@H]([C@@H]1C#N)N2C)OCO4.COc1cc2c(cc1OC(=O)OC(C)(C)C)CCN[C@]21CS[C@@H]2c3c(OC(=O)CCCl)c(C)c4c(c3[C@H](COC1=O)N1C2[C@H]2c3c(cc(C)c(OC)c3O)C[C@@H]([C@@H]1C#N)N2C)OCO4. The van der Waals surface area contributed by atoms with Gasteiger partial charge < -0.3 is 81.6 Å². The van der Waals surface area contributed by atoms with Crippen LogP contribution in [0.3, 0.4) is 0 Å². The molecule has 2 spiro atoms. The summed E-state index contributed by atoms with van der Waals surface area (Å²) in [7, 11) is 9.92. The smallest absolute Gasteiger partial charge is 0.504 e. The maximum absolute atomic E-state index is 15.1. The number of nitrogens with one attached hydrogen (secondary N) is 2. The number of esters is 4. The first-order valence-electron chi connectivity index (χ1n) is 40.2. The highest BCUT2D eigenvalue weighted by Gasteiger charge is 2.65. The maximum Gasteiger partial charge on any atom is 0.514 e. The average molecular weight is 1740 g/mol. The molecule has 14 atom stereocenters. The maximum atomic E-state index is 15.1. The number of nitrogens with zero attached hydrogens (tertiary/aromatic N) is 6. The van der Waals surface area contributed by atoms with Crippen molar-refractivity contribution in [1.29, 1.82) is 10.5 Å². The molecule has 5 N–H and O–H groups in total. The third kappa shape index (κ3) is 13.2. The fraction of sp³-hybridized carbons (Fsp3) is 0.506. The first-order valence-corrected chi connectivity index (χ1v) is 43.3. The molecule has 4 saturated heterocycles. The Kier molecular flexibility index (Phi) is 22.0. The number of thioether (sulfide) groups is 2. The van der Waals surface area contributed by atoms with Gasteiger partial charge in [-0.25, -0.2) is 14.4 Å². The second kappa shape index (κ2) is 31.9. The fourth-order valence-corrected chi connectivity index (χ4v) is 24.7. The van der Waals surface area contributed by atoms with Crippen LogP contribution in [-0.4, -0.2) is 212 Å². The number of nitriles is 2. The number of aryl methyl sites for hydroxylation is 2. The summed E-state index contributed by atoms with van der Waals surface area (Å²) in [6.07, 6.45) is 0.959. The molecule has 14 heterocycles. The van der Waals surface area contributed by atoms with E-state index >= 15 is 4.79 Å². The first kappa shape index (κ1) is 83.5. The van der Waals surface area contributed by atoms with Crippen molar-refractivity contribution in [3.63, 3.8) is 0 Å². The number of ether oxygens (including phenoxy) is 14. The number of carbonyl (C=O) groups is 5. The number of phenolic OH excluding ortho intramolecular Hbond substituents is 3. The molecule has 0 radical (unpaired) electrons. The second-order valence-electron chi connectivity index (χ2n) is 33.4. The topological polar surface area (TPSA) is 360 Å². The standard InChI is InChI=1S/C46H51ClN4O12S.C41H43ClN4O10S/c1-21-13-24-14-26-27(17-48)51-28-18-58-43(54)46(25-16-29(56-7)30(15-23(25)10-12-49-46)61-44(55)63-45(3,4)5)19-64-42(36(51)35(50(26)6)32(24)37(53)38(21)57-8)34-33(28)41-40(59-20-60-41)22(2)39(34)62-31(52)9-11-47;1-18-10-21-11-23-24(14-43)46-25-15-53-40(50)41(22-13-27(51-4)26(47)12-20(22)7-9-44-41)16-57-39(33(46)32(45(23)3)29(21)34(49)35(18)52-5)31-30(25)38-37(54-17-55-38)19(2)36(31)56-28(48)6-8-42/h13,15-16,26-28,35-36,42,49,53H,9-12,14,18-20H2,1-8H3;10,12-13,23-25,32-33,39,44,47,49H,6-9,11,15-17H2,1-5H3/t26-,27-,28-,35+,36?,42+,46+;23-,24-,25-,32+,33?,39+,41+/m00/s1. The number of carbonyl (C=O) groups excluding carboxylic acids is 5. The molecule has 14 aliphatic rings. The Morgan fingerprint density at radius 1 is 0.554 bits per heavy atom. The molecule has 0 amide bonds. The number of benzene rings is 6. The molecule has 0 aliphatic carbocycles. The van der Waals surface area contributed by atoms with Crippen molar-refractivity contribution in [1.82, 2.24) is 30.2 Å². The minimum Gasteiger partial charge on any atom is -0.504 e. The molecular weight excluding hydrogens is 1640 g/mol. The highest BCUT2D eigenvalue weighted by Crippen LogP contribution is 2.68. The van der Waals surface area contributed by atoms with Crippen LogP contribution in [0, 0.1) is 50.4 Å². The zero-order valence-corrected chi connectivity index (χ0v) is 72.2.